The van der Waals surface area contributed by atoms with Gasteiger partial charge in [-0.2, -0.15) is 0 Å². The normalized spacial score (nSPS) is 17.5. The van der Waals surface area contributed by atoms with Gasteiger partial charge in [0.1, 0.15) is 5.60 Å². The molecule has 0 aliphatic carbocycles. The lowest BCUT2D eigenvalue weighted by Crippen LogP contribution is -2.45. The summed E-state index contributed by atoms with van der Waals surface area (Å²) >= 11 is 0. The number of fused-ring (bicyclic) bond motifs is 1. The van der Waals surface area contributed by atoms with Crippen LogP contribution in [0.15, 0.2) is 85.2 Å². The fourth-order valence-electron chi connectivity index (χ4n) is 5.35. The number of anilines is 1. The number of hydroxylamine groups is 2. The third-order valence-corrected chi connectivity index (χ3v) is 7.51. The number of nitrogens with one attached hydrogen (secondary N) is 1. The molecule has 2 atom stereocenters. The van der Waals surface area contributed by atoms with Crippen molar-refractivity contribution in [3.63, 3.8) is 0 Å². The molecule has 0 radical (unpaired) electrons. The lowest BCUT2D eigenvalue weighted by atomic mass is 9.89. The number of piperidine rings is 1. The summed E-state index contributed by atoms with van der Waals surface area (Å²) in [4.78, 5) is 27.1. The van der Waals surface area contributed by atoms with Crippen LogP contribution in [-0.4, -0.2) is 52.5 Å². The average molecular weight is 583 g/mol. The zero-order chi connectivity index (χ0) is 30.1. The Kier molecular flexibility index (Phi) is 10.2. The molecule has 0 saturated carbocycles. The number of carbonyl (C=O) groups excluding carboxylic acids is 1. The van der Waals surface area contributed by atoms with Gasteiger partial charge in [-0.05, 0) is 80.0 Å². The highest BCUT2D eigenvalue weighted by Crippen LogP contribution is 2.31. The lowest BCUT2D eigenvalue weighted by Gasteiger charge is -2.37. The van der Waals surface area contributed by atoms with E-state index in [0.29, 0.717) is 25.6 Å². The first-order valence-electron chi connectivity index (χ1n) is 15.2. The van der Waals surface area contributed by atoms with Crippen molar-refractivity contribution in [3.8, 4) is 0 Å². The maximum Gasteiger partial charge on any atom is 0.528 e. The first kappa shape index (κ1) is 30.4. The van der Waals surface area contributed by atoms with Crippen molar-refractivity contribution in [2.45, 2.75) is 70.7 Å². The standard InChI is InChI=1S/C35H42N4O4/c1-35(2,3)42-34(40)43-39-20-18-31(32(24-39)41-25-27-16-17-28-14-7-8-15-29(28)21-27)30-22-37-33(38-23-30)36-19-10-9-13-26-11-5-4-6-12-26/h4-8,11-12,14-17,21-23,31-32H,9-10,13,18-20,24-25H2,1-3H3,(H,36,37,38). The topological polar surface area (TPSA) is 85.8 Å². The molecule has 1 fully saturated rings. The number of hydrogen-bond acceptors (Lipinski definition) is 8. The largest absolute Gasteiger partial charge is 0.528 e. The monoisotopic (exact) mass is 582 g/mol. The maximum absolute atomic E-state index is 12.4. The van der Waals surface area contributed by atoms with E-state index in [9.17, 15) is 4.79 Å². The van der Waals surface area contributed by atoms with Gasteiger partial charge in [0, 0.05) is 31.4 Å². The Morgan fingerprint density at radius 2 is 1.67 bits per heavy atom. The second kappa shape index (κ2) is 14.4. The van der Waals surface area contributed by atoms with E-state index in [1.165, 1.54) is 16.3 Å². The van der Waals surface area contributed by atoms with E-state index in [4.69, 9.17) is 14.3 Å². The first-order chi connectivity index (χ1) is 20.8. The van der Waals surface area contributed by atoms with Crippen molar-refractivity contribution >= 4 is 22.9 Å². The van der Waals surface area contributed by atoms with Gasteiger partial charge >= 0.3 is 6.16 Å². The SMILES string of the molecule is CC(C)(C)OC(=O)ON1CCC(c2cnc(NCCCCc3ccccc3)nc2)C(OCc2ccc3ccccc3c2)C1. The van der Waals surface area contributed by atoms with E-state index in [2.05, 4.69) is 69.9 Å². The molecule has 1 N–H and O–H groups in total. The Morgan fingerprint density at radius 3 is 2.44 bits per heavy atom. The van der Waals surface area contributed by atoms with Gasteiger partial charge in [0.2, 0.25) is 5.95 Å². The van der Waals surface area contributed by atoms with Gasteiger partial charge in [-0.25, -0.2) is 14.8 Å². The van der Waals surface area contributed by atoms with E-state index < -0.39 is 11.8 Å². The highest BCUT2D eigenvalue weighted by molar-refractivity contribution is 5.82. The molecule has 0 spiro atoms. The number of rotatable bonds is 11. The molecule has 1 aliphatic heterocycles. The van der Waals surface area contributed by atoms with Crippen molar-refractivity contribution in [2.75, 3.05) is 25.0 Å². The first-order valence-corrected chi connectivity index (χ1v) is 15.2. The van der Waals surface area contributed by atoms with Crippen LogP contribution in [0.1, 0.15) is 62.6 Å². The summed E-state index contributed by atoms with van der Waals surface area (Å²) in [5.41, 5.74) is 2.83. The van der Waals surface area contributed by atoms with Crippen molar-refractivity contribution in [2.24, 2.45) is 0 Å². The Morgan fingerprint density at radius 1 is 0.930 bits per heavy atom. The van der Waals surface area contributed by atoms with E-state index >= 15 is 0 Å². The summed E-state index contributed by atoms with van der Waals surface area (Å²) < 4.78 is 11.9. The van der Waals surface area contributed by atoms with Gasteiger partial charge in [0.25, 0.3) is 0 Å². The Labute approximate surface area is 254 Å². The van der Waals surface area contributed by atoms with Crippen molar-refractivity contribution < 1.29 is 19.1 Å². The molecule has 1 aliphatic rings. The van der Waals surface area contributed by atoms with Gasteiger partial charge in [0.15, 0.2) is 0 Å². The van der Waals surface area contributed by atoms with Crippen LogP contribution in [-0.2, 0) is 27.3 Å². The van der Waals surface area contributed by atoms with Crippen molar-refractivity contribution in [1.82, 2.24) is 15.0 Å². The second-order valence-corrected chi connectivity index (χ2v) is 12.1. The van der Waals surface area contributed by atoms with Gasteiger partial charge in [-0.1, -0.05) is 66.7 Å². The van der Waals surface area contributed by atoms with Gasteiger partial charge in [-0.15, -0.1) is 5.06 Å². The Balaban J connectivity index is 1.20. The summed E-state index contributed by atoms with van der Waals surface area (Å²) in [5, 5.41) is 7.36. The summed E-state index contributed by atoms with van der Waals surface area (Å²) in [6.07, 6.45) is 6.78. The predicted octanol–water partition coefficient (Wildman–Crippen LogP) is 7.31. The van der Waals surface area contributed by atoms with Crippen LogP contribution in [0.3, 0.4) is 0 Å². The Bertz CT molecular complexity index is 1460. The summed E-state index contributed by atoms with van der Waals surface area (Å²) in [6.45, 7) is 7.69. The van der Waals surface area contributed by atoms with Crippen LogP contribution in [0.2, 0.25) is 0 Å². The van der Waals surface area contributed by atoms with Crippen LogP contribution in [0.4, 0.5) is 10.7 Å². The summed E-state index contributed by atoms with van der Waals surface area (Å²) in [7, 11) is 0. The van der Waals surface area contributed by atoms with Crippen molar-refractivity contribution in [3.05, 3.63) is 102 Å². The highest BCUT2D eigenvalue weighted by Gasteiger charge is 2.34. The maximum atomic E-state index is 12.4. The number of unbranched alkanes of at least 4 members (excludes halogenated alkanes) is 1. The minimum Gasteiger partial charge on any atom is -0.427 e. The molecule has 5 rings (SSSR count). The van der Waals surface area contributed by atoms with E-state index in [-0.39, 0.29) is 12.0 Å². The second-order valence-electron chi connectivity index (χ2n) is 12.1. The molecule has 226 valence electrons. The van der Waals surface area contributed by atoms with Crippen LogP contribution >= 0.6 is 0 Å². The number of benzene rings is 3. The zero-order valence-electron chi connectivity index (χ0n) is 25.4. The molecule has 43 heavy (non-hydrogen) atoms. The van der Waals surface area contributed by atoms with Gasteiger partial charge in [0.05, 0.1) is 19.3 Å². The number of aromatic nitrogens is 2. The molecule has 4 aromatic rings. The smallest absolute Gasteiger partial charge is 0.427 e. The lowest BCUT2D eigenvalue weighted by molar-refractivity contribution is -0.179. The molecule has 1 saturated heterocycles. The zero-order valence-corrected chi connectivity index (χ0v) is 25.4. The van der Waals surface area contributed by atoms with E-state index in [0.717, 1.165) is 43.4 Å². The number of nitrogens with zero attached hydrogens (tertiary/aromatic N) is 3. The quantitative estimate of drug-likeness (QED) is 0.146. The average Bonchev–Trinajstić information content (AvgIpc) is 3.00. The van der Waals surface area contributed by atoms with Crippen LogP contribution < -0.4 is 5.32 Å². The molecule has 8 heteroatoms. The molecule has 1 aromatic heterocycles. The fraction of sp³-hybridized carbons (Fsp3) is 0.400. The fourth-order valence-corrected chi connectivity index (χ4v) is 5.35. The summed E-state index contributed by atoms with van der Waals surface area (Å²) in [6, 6.07) is 25.2. The van der Waals surface area contributed by atoms with Gasteiger partial charge < -0.3 is 19.6 Å². The van der Waals surface area contributed by atoms with E-state index in [1.54, 1.807) is 5.06 Å². The third kappa shape index (κ3) is 9.24. The molecule has 3 aromatic carbocycles. The number of ether oxygens (including phenoxy) is 2. The minimum absolute atomic E-state index is 0.0545. The number of hydrogen-bond donors (Lipinski definition) is 1. The van der Waals surface area contributed by atoms with Crippen LogP contribution in [0, 0.1) is 0 Å². The van der Waals surface area contributed by atoms with Crippen molar-refractivity contribution in [1.29, 1.82) is 0 Å². The molecular weight excluding hydrogens is 540 g/mol. The predicted molar refractivity (Wildman–Crippen MR) is 169 cm³/mol. The highest BCUT2D eigenvalue weighted by atomic mass is 16.8. The summed E-state index contributed by atoms with van der Waals surface area (Å²) in [5.74, 6) is 0.682. The Hall–Kier alpha value is -4.01. The minimum atomic E-state index is -0.707. The number of aryl methyl sites for hydroxylation is 1. The van der Waals surface area contributed by atoms with Crippen LogP contribution in [0.5, 0.6) is 0 Å². The van der Waals surface area contributed by atoms with E-state index in [1.807, 2.05) is 51.4 Å². The number of carbonyl (C=O) groups is 1. The molecule has 0 bridgehead atoms. The van der Waals surface area contributed by atoms with Crippen LogP contribution in [0.25, 0.3) is 10.8 Å². The molecule has 2 heterocycles. The molecule has 2 unspecified atom stereocenters. The van der Waals surface area contributed by atoms with Gasteiger partial charge in [-0.3, -0.25) is 0 Å². The molecule has 0 amide bonds. The molecule has 8 nitrogen and oxygen atoms in total. The molecular formula is C35H42N4O4. The third-order valence-electron chi connectivity index (χ3n) is 7.51.